The standard InChI is InChI=1S/C26H28N8OS/c1-17-8-4-5-9-21(17)30-23(35)11-13-33-25(24(31-26(33)36)22-10-6-7-12-27-22)20-14-18(2)34(19(20)3)32-15-28-29-16-32/h4-10,12,14-16,24-25H,11,13H2,1-3H3,(H,30,35)(H,31,36)/t24-,25-/m0/s1. The predicted octanol–water partition coefficient (Wildman–Crippen LogP) is 3.71. The molecule has 0 radical (unpaired) electrons. The number of nitrogens with one attached hydrogen (secondary N) is 2. The summed E-state index contributed by atoms with van der Waals surface area (Å²) in [5.74, 6) is -0.0536. The van der Waals surface area contributed by atoms with Crippen LogP contribution in [0.3, 0.4) is 0 Å². The van der Waals surface area contributed by atoms with E-state index in [2.05, 4.69) is 48.4 Å². The number of aryl methyl sites for hydroxylation is 2. The molecule has 0 spiro atoms. The Hall–Kier alpha value is -4.05. The van der Waals surface area contributed by atoms with Gasteiger partial charge in [-0.3, -0.25) is 14.5 Å². The molecule has 36 heavy (non-hydrogen) atoms. The van der Waals surface area contributed by atoms with Gasteiger partial charge in [0.2, 0.25) is 5.91 Å². The number of carbonyl (C=O) groups is 1. The number of anilines is 1. The number of hydrogen-bond donors (Lipinski definition) is 2. The fraction of sp³-hybridized carbons (Fsp3) is 0.269. The second kappa shape index (κ2) is 9.90. The summed E-state index contributed by atoms with van der Waals surface area (Å²) in [6, 6.07) is 15.5. The van der Waals surface area contributed by atoms with Crippen molar-refractivity contribution in [3.05, 3.63) is 95.6 Å². The number of benzene rings is 1. The minimum atomic E-state index is -0.159. The van der Waals surface area contributed by atoms with Gasteiger partial charge in [0, 0.05) is 41.8 Å². The first kappa shape index (κ1) is 23.7. The molecule has 1 aromatic carbocycles. The van der Waals surface area contributed by atoms with Crippen LogP contribution < -0.4 is 10.6 Å². The van der Waals surface area contributed by atoms with Gasteiger partial charge in [0.05, 0.1) is 17.8 Å². The van der Waals surface area contributed by atoms with Crippen LogP contribution in [0.15, 0.2) is 67.4 Å². The van der Waals surface area contributed by atoms with E-state index in [1.165, 1.54) is 0 Å². The maximum Gasteiger partial charge on any atom is 0.226 e. The van der Waals surface area contributed by atoms with E-state index in [1.54, 1.807) is 18.9 Å². The van der Waals surface area contributed by atoms with Gasteiger partial charge < -0.3 is 15.5 Å². The lowest BCUT2D eigenvalue weighted by Crippen LogP contribution is -2.33. The van der Waals surface area contributed by atoms with Crippen molar-refractivity contribution >= 4 is 28.9 Å². The van der Waals surface area contributed by atoms with Gasteiger partial charge in [-0.25, -0.2) is 4.68 Å². The number of para-hydroxylation sites is 1. The summed E-state index contributed by atoms with van der Waals surface area (Å²) < 4.78 is 3.92. The molecule has 0 saturated carbocycles. The molecule has 1 amide bonds. The molecule has 3 aromatic heterocycles. The summed E-state index contributed by atoms with van der Waals surface area (Å²) in [7, 11) is 0. The highest BCUT2D eigenvalue weighted by atomic mass is 32.1. The van der Waals surface area contributed by atoms with E-state index in [0.29, 0.717) is 18.1 Å². The molecule has 0 aliphatic carbocycles. The van der Waals surface area contributed by atoms with Crippen molar-refractivity contribution < 1.29 is 4.79 Å². The van der Waals surface area contributed by atoms with E-state index in [1.807, 2.05) is 61.0 Å². The Labute approximate surface area is 215 Å². The Morgan fingerprint density at radius 1 is 1.08 bits per heavy atom. The number of nitrogens with zero attached hydrogens (tertiary/aromatic N) is 6. The highest BCUT2D eigenvalue weighted by Crippen LogP contribution is 2.40. The van der Waals surface area contributed by atoms with E-state index >= 15 is 0 Å². The molecule has 2 N–H and O–H groups in total. The third-order valence-electron chi connectivity index (χ3n) is 6.59. The lowest BCUT2D eigenvalue weighted by molar-refractivity contribution is -0.116. The largest absolute Gasteiger partial charge is 0.352 e. The van der Waals surface area contributed by atoms with Gasteiger partial charge in [-0.1, -0.05) is 24.3 Å². The van der Waals surface area contributed by atoms with Crippen molar-refractivity contribution in [2.45, 2.75) is 39.3 Å². The molecule has 1 aliphatic heterocycles. The lowest BCUT2D eigenvalue weighted by Gasteiger charge is -2.28. The molecule has 5 rings (SSSR count). The normalized spacial score (nSPS) is 17.3. The van der Waals surface area contributed by atoms with Crippen LogP contribution in [0.2, 0.25) is 0 Å². The van der Waals surface area contributed by atoms with E-state index < -0.39 is 0 Å². The second-order valence-corrected chi connectivity index (χ2v) is 9.30. The number of rotatable bonds is 7. The van der Waals surface area contributed by atoms with Crippen LogP contribution in [0, 0.1) is 20.8 Å². The van der Waals surface area contributed by atoms with Gasteiger partial charge >= 0.3 is 0 Å². The monoisotopic (exact) mass is 500 g/mol. The number of carbonyl (C=O) groups excluding carboxylic acids is 1. The molecule has 4 aromatic rings. The first-order valence-corrected chi connectivity index (χ1v) is 12.2. The molecule has 184 valence electrons. The van der Waals surface area contributed by atoms with Crippen LogP contribution in [-0.4, -0.2) is 47.0 Å². The second-order valence-electron chi connectivity index (χ2n) is 8.91. The van der Waals surface area contributed by atoms with E-state index in [0.717, 1.165) is 33.9 Å². The quantitative estimate of drug-likeness (QED) is 0.374. The summed E-state index contributed by atoms with van der Waals surface area (Å²) in [6.45, 7) is 6.57. The van der Waals surface area contributed by atoms with Crippen LogP contribution in [0.4, 0.5) is 5.69 Å². The first-order chi connectivity index (χ1) is 17.4. The van der Waals surface area contributed by atoms with Crippen molar-refractivity contribution in [1.82, 2.24) is 34.8 Å². The highest BCUT2D eigenvalue weighted by Gasteiger charge is 2.41. The average Bonchev–Trinajstić information content (AvgIpc) is 3.58. The Morgan fingerprint density at radius 2 is 1.83 bits per heavy atom. The maximum atomic E-state index is 12.9. The smallest absolute Gasteiger partial charge is 0.226 e. The Bertz CT molecular complexity index is 1380. The van der Waals surface area contributed by atoms with Crippen molar-refractivity contribution in [2.24, 2.45) is 0 Å². The number of amides is 1. The van der Waals surface area contributed by atoms with Gasteiger partial charge in [-0.15, -0.1) is 10.2 Å². The molecule has 1 fully saturated rings. The van der Waals surface area contributed by atoms with Crippen molar-refractivity contribution in [3.8, 4) is 0 Å². The van der Waals surface area contributed by atoms with E-state index in [-0.39, 0.29) is 18.0 Å². The molecule has 0 bridgehead atoms. The van der Waals surface area contributed by atoms with Crippen molar-refractivity contribution in [3.63, 3.8) is 0 Å². The fourth-order valence-corrected chi connectivity index (χ4v) is 5.20. The molecule has 1 saturated heterocycles. The summed E-state index contributed by atoms with van der Waals surface area (Å²) in [4.78, 5) is 19.6. The van der Waals surface area contributed by atoms with E-state index in [9.17, 15) is 4.79 Å². The number of pyridine rings is 1. The van der Waals surface area contributed by atoms with Crippen LogP contribution in [0.1, 0.15) is 46.7 Å². The Balaban J connectivity index is 1.46. The number of aromatic nitrogens is 5. The zero-order valence-corrected chi connectivity index (χ0v) is 21.2. The molecule has 9 nitrogen and oxygen atoms in total. The van der Waals surface area contributed by atoms with Gasteiger partial charge in [-0.2, -0.15) is 0 Å². The van der Waals surface area contributed by atoms with Crippen LogP contribution >= 0.6 is 12.2 Å². The summed E-state index contributed by atoms with van der Waals surface area (Å²) in [5, 5.41) is 15.0. The lowest BCUT2D eigenvalue weighted by atomic mass is 9.96. The van der Waals surface area contributed by atoms with Gasteiger partial charge in [0.15, 0.2) is 5.11 Å². The van der Waals surface area contributed by atoms with Gasteiger partial charge in [-0.05, 0) is 62.8 Å². The highest BCUT2D eigenvalue weighted by molar-refractivity contribution is 7.80. The zero-order chi connectivity index (χ0) is 25.2. The first-order valence-electron chi connectivity index (χ1n) is 11.8. The topological polar surface area (TPSA) is 92.9 Å². The Morgan fingerprint density at radius 3 is 2.56 bits per heavy atom. The fourth-order valence-electron chi connectivity index (χ4n) is 4.86. The molecule has 4 heterocycles. The predicted molar refractivity (Wildman–Crippen MR) is 141 cm³/mol. The molecule has 1 aliphatic rings. The molecule has 10 heteroatoms. The average molecular weight is 501 g/mol. The third-order valence-corrected chi connectivity index (χ3v) is 6.94. The van der Waals surface area contributed by atoms with E-state index in [4.69, 9.17) is 12.2 Å². The summed E-state index contributed by atoms with van der Waals surface area (Å²) in [5.41, 5.74) is 5.93. The van der Waals surface area contributed by atoms with Crippen molar-refractivity contribution in [1.29, 1.82) is 0 Å². The zero-order valence-electron chi connectivity index (χ0n) is 20.4. The minimum Gasteiger partial charge on any atom is -0.352 e. The Kier molecular flexibility index (Phi) is 6.51. The molecule has 0 unspecified atom stereocenters. The molecular formula is C26H28N8OS. The summed E-state index contributed by atoms with van der Waals surface area (Å²) in [6.07, 6.45) is 5.43. The van der Waals surface area contributed by atoms with Gasteiger partial charge in [0.25, 0.3) is 0 Å². The third kappa shape index (κ3) is 4.47. The summed E-state index contributed by atoms with van der Waals surface area (Å²) >= 11 is 5.78. The number of hydrogen-bond acceptors (Lipinski definition) is 5. The van der Waals surface area contributed by atoms with Gasteiger partial charge in [0.1, 0.15) is 12.7 Å². The minimum absolute atomic E-state index is 0.0536. The SMILES string of the molecule is Cc1ccccc1NC(=O)CCN1C(=S)N[C@@H](c2ccccn2)[C@@H]1c1cc(C)n(-n2cnnc2)c1C. The molecular weight excluding hydrogens is 472 g/mol. The number of thiocarbonyl (C=S) groups is 1. The van der Waals surface area contributed by atoms with Crippen LogP contribution in [0.25, 0.3) is 0 Å². The molecule has 2 atom stereocenters. The maximum absolute atomic E-state index is 12.9. The van der Waals surface area contributed by atoms with Crippen LogP contribution in [-0.2, 0) is 4.79 Å². The van der Waals surface area contributed by atoms with Crippen molar-refractivity contribution in [2.75, 3.05) is 11.9 Å². The van der Waals surface area contributed by atoms with Crippen LogP contribution in [0.5, 0.6) is 0 Å².